The first-order valence-corrected chi connectivity index (χ1v) is 4.22. The first-order valence-electron chi connectivity index (χ1n) is 4.22. The van der Waals surface area contributed by atoms with Crippen LogP contribution in [0.2, 0.25) is 0 Å². The number of nitrogens with zero attached hydrogens (tertiary/aromatic N) is 1. The normalized spacial score (nSPS) is 31.8. The van der Waals surface area contributed by atoms with E-state index in [9.17, 15) is 4.79 Å². The second kappa shape index (κ2) is 3.87. The highest BCUT2D eigenvalue weighted by molar-refractivity contribution is 5.73. The van der Waals surface area contributed by atoms with Crippen molar-refractivity contribution in [2.75, 3.05) is 13.7 Å². The smallest absolute Gasteiger partial charge is 0.320 e. The van der Waals surface area contributed by atoms with Crippen molar-refractivity contribution in [3.05, 3.63) is 0 Å². The number of hydrogen-bond acceptors (Lipinski definition) is 3. The van der Waals surface area contributed by atoms with E-state index in [1.807, 2.05) is 0 Å². The van der Waals surface area contributed by atoms with Gasteiger partial charge in [-0.2, -0.15) is 0 Å². The third-order valence-electron chi connectivity index (χ3n) is 2.58. The molecule has 1 heterocycles. The predicted molar refractivity (Wildman–Crippen MR) is 43.9 cm³/mol. The topological polar surface area (TPSA) is 60.8 Å². The number of rotatable bonds is 2. The third kappa shape index (κ3) is 1.76. The van der Waals surface area contributed by atoms with Crippen LogP contribution >= 0.6 is 0 Å². The molecule has 0 aliphatic carbocycles. The highest BCUT2D eigenvalue weighted by Gasteiger charge is 2.31. The Morgan fingerprint density at radius 2 is 2.25 bits per heavy atom. The molecule has 12 heavy (non-hydrogen) atoms. The molecule has 1 aliphatic rings. The summed E-state index contributed by atoms with van der Waals surface area (Å²) in [6, 6.07) is -0.379. The van der Waals surface area contributed by atoms with Crippen LogP contribution in [0.4, 0.5) is 0 Å². The fraction of sp³-hybridized carbons (Fsp3) is 0.875. The highest BCUT2D eigenvalue weighted by Crippen LogP contribution is 2.20. The van der Waals surface area contributed by atoms with Crippen LogP contribution in [0.25, 0.3) is 0 Å². The molecule has 0 saturated carbocycles. The minimum Gasteiger partial charge on any atom is -0.480 e. The Kier molecular flexibility index (Phi) is 3.05. The van der Waals surface area contributed by atoms with E-state index in [-0.39, 0.29) is 12.6 Å². The van der Waals surface area contributed by atoms with Crippen LogP contribution in [-0.4, -0.2) is 46.8 Å². The van der Waals surface area contributed by atoms with Gasteiger partial charge in [-0.25, -0.2) is 0 Å². The van der Waals surface area contributed by atoms with Gasteiger partial charge in [0.2, 0.25) is 0 Å². The minimum atomic E-state index is -0.782. The van der Waals surface area contributed by atoms with Crippen molar-refractivity contribution in [1.29, 1.82) is 0 Å². The van der Waals surface area contributed by atoms with E-state index in [1.54, 1.807) is 11.9 Å². The highest BCUT2D eigenvalue weighted by atomic mass is 16.4. The molecule has 0 aromatic carbocycles. The van der Waals surface area contributed by atoms with E-state index >= 15 is 0 Å². The van der Waals surface area contributed by atoms with Gasteiger partial charge in [-0.05, 0) is 26.3 Å². The summed E-state index contributed by atoms with van der Waals surface area (Å²) in [7, 11) is 1.76. The second-order valence-electron chi connectivity index (χ2n) is 3.29. The van der Waals surface area contributed by atoms with Gasteiger partial charge < -0.3 is 10.2 Å². The van der Waals surface area contributed by atoms with E-state index in [1.165, 1.54) is 0 Å². The summed E-state index contributed by atoms with van der Waals surface area (Å²) >= 11 is 0. The first-order chi connectivity index (χ1) is 5.66. The molecule has 0 amide bonds. The van der Waals surface area contributed by atoms with Gasteiger partial charge in [0.15, 0.2) is 0 Å². The van der Waals surface area contributed by atoms with Gasteiger partial charge in [-0.1, -0.05) is 0 Å². The number of piperidine rings is 1. The maximum atomic E-state index is 10.7. The van der Waals surface area contributed by atoms with Crippen molar-refractivity contribution in [2.24, 2.45) is 0 Å². The Labute approximate surface area is 71.8 Å². The Morgan fingerprint density at radius 3 is 2.75 bits per heavy atom. The largest absolute Gasteiger partial charge is 0.480 e. The monoisotopic (exact) mass is 173 g/mol. The van der Waals surface area contributed by atoms with Gasteiger partial charge in [0.25, 0.3) is 0 Å². The molecule has 0 unspecified atom stereocenters. The molecule has 1 fully saturated rings. The van der Waals surface area contributed by atoms with Gasteiger partial charge >= 0.3 is 5.97 Å². The fourth-order valence-corrected chi connectivity index (χ4v) is 1.73. The molecule has 0 spiro atoms. The SMILES string of the molecule is CN1[C@@H](CO)CCC[C@@H]1C(=O)O. The minimum absolute atomic E-state index is 0.0276. The Bertz CT molecular complexity index is 172. The van der Waals surface area contributed by atoms with Gasteiger partial charge in [-0.15, -0.1) is 0 Å². The maximum Gasteiger partial charge on any atom is 0.320 e. The molecule has 1 saturated heterocycles. The Balaban J connectivity index is 2.59. The number of carbonyl (C=O) groups is 1. The van der Waals surface area contributed by atoms with Crippen LogP contribution in [0.15, 0.2) is 0 Å². The average molecular weight is 173 g/mol. The maximum absolute atomic E-state index is 10.7. The molecular formula is C8H15NO3. The van der Waals surface area contributed by atoms with E-state index in [4.69, 9.17) is 10.2 Å². The lowest BCUT2D eigenvalue weighted by Gasteiger charge is -2.36. The number of aliphatic carboxylic acids is 1. The van der Waals surface area contributed by atoms with E-state index < -0.39 is 12.0 Å². The summed E-state index contributed by atoms with van der Waals surface area (Å²) in [6.07, 6.45) is 2.49. The van der Waals surface area contributed by atoms with Gasteiger partial charge in [0.1, 0.15) is 6.04 Å². The zero-order valence-electron chi connectivity index (χ0n) is 7.23. The summed E-state index contributed by atoms with van der Waals surface area (Å²) in [6.45, 7) is 0.0558. The molecule has 4 heteroatoms. The standard InChI is InChI=1S/C8H15NO3/c1-9-6(5-10)3-2-4-7(9)8(11)12/h6-7,10H,2-5H2,1H3,(H,11,12)/t6-,7-/m1/s1. The number of aliphatic hydroxyl groups is 1. The van der Waals surface area contributed by atoms with E-state index in [0.717, 1.165) is 12.8 Å². The zero-order valence-corrected chi connectivity index (χ0v) is 7.23. The molecule has 2 atom stereocenters. The molecule has 0 aromatic heterocycles. The molecular weight excluding hydrogens is 158 g/mol. The summed E-state index contributed by atoms with van der Waals surface area (Å²) in [5, 5.41) is 17.7. The van der Waals surface area contributed by atoms with Crippen LogP contribution in [0, 0.1) is 0 Å². The van der Waals surface area contributed by atoms with Crippen LogP contribution < -0.4 is 0 Å². The molecule has 0 radical (unpaired) electrons. The van der Waals surface area contributed by atoms with Crippen molar-refractivity contribution < 1.29 is 15.0 Å². The van der Waals surface area contributed by atoms with Crippen molar-refractivity contribution >= 4 is 5.97 Å². The molecule has 70 valence electrons. The molecule has 1 aliphatic heterocycles. The van der Waals surface area contributed by atoms with E-state index in [0.29, 0.717) is 6.42 Å². The summed E-state index contributed by atoms with van der Waals surface area (Å²) in [5.74, 6) is -0.782. The van der Waals surface area contributed by atoms with Crippen molar-refractivity contribution in [2.45, 2.75) is 31.3 Å². The lowest BCUT2D eigenvalue weighted by Crippen LogP contribution is -2.49. The average Bonchev–Trinajstić information content (AvgIpc) is 2.04. The second-order valence-corrected chi connectivity index (χ2v) is 3.29. The first kappa shape index (κ1) is 9.48. The van der Waals surface area contributed by atoms with Crippen molar-refractivity contribution in [3.8, 4) is 0 Å². The van der Waals surface area contributed by atoms with Crippen molar-refractivity contribution in [3.63, 3.8) is 0 Å². The Morgan fingerprint density at radius 1 is 1.58 bits per heavy atom. The van der Waals surface area contributed by atoms with Crippen LogP contribution in [0.1, 0.15) is 19.3 Å². The molecule has 4 nitrogen and oxygen atoms in total. The number of carboxylic acid groups (broad SMARTS) is 1. The van der Waals surface area contributed by atoms with Crippen LogP contribution in [0.5, 0.6) is 0 Å². The van der Waals surface area contributed by atoms with Gasteiger partial charge in [0, 0.05) is 6.04 Å². The van der Waals surface area contributed by atoms with Crippen LogP contribution in [-0.2, 0) is 4.79 Å². The van der Waals surface area contributed by atoms with E-state index in [2.05, 4.69) is 0 Å². The quantitative estimate of drug-likeness (QED) is 0.613. The molecule has 0 bridgehead atoms. The lowest BCUT2D eigenvalue weighted by atomic mass is 9.97. The predicted octanol–water partition coefficient (Wildman–Crippen LogP) is -0.0838. The summed E-state index contributed by atoms with van der Waals surface area (Å²) < 4.78 is 0. The number of likely N-dealkylation sites (tertiary alicyclic amines) is 1. The van der Waals surface area contributed by atoms with Gasteiger partial charge in [-0.3, -0.25) is 9.69 Å². The Hall–Kier alpha value is -0.610. The number of aliphatic hydroxyl groups excluding tert-OH is 1. The third-order valence-corrected chi connectivity index (χ3v) is 2.58. The molecule has 0 aromatic rings. The van der Waals surface area contributed by atoms with Crippen molar-refractivity contribution in [1.82, 2.24) is 4.90 Å². The number of hydrogen-bond donors (Lipinski definition) is 2. The fourth-order valence-electron chi connectivity index (χ4n) is 1.73. The molecule has 1 rings (SSSR count). The zero-order chi connectivity index (χ0) is 9.14. The number of likely N-dealkylation sites (N-methyl/N-ethyl adjacent to an activating group) is 1. The molecule has 2 N–H and O–H groups in total. The van der Waals surface area contributed by atoms with Gasteiger partial charge in [0.05, 0.1) is 6.61 Å². The summed E-state index contributed by atoms with van der Waals surface area (Å²) in [5.41, 5.74) is 0. The lowest BCUT2D eigenvalue weighted by molar-refractivity contribution is -0.145. The summed E-state index contributed by atoms with van der Waals surface area (Å²) in [4.78, 5) is 12.5. The number of carboxylic acids is 1. The van der Waals surface area contributed by atoms with Crippen LogP contribution in [0.3, 0.4) is 0 Å².